The summed E-state index contributed by atoms with van der Waals surface area (Å²) in [6, 6.07) is 25.0. The molecule has 0 aliphatic heterocycles. The van der Waals surface area contributed by atoms with Crippen molar-refractivity contribution in [1.29, 1.82) is 0 Å². The number of fused-ring (bicyclic) bond motifs is 1. The van der Waals surface area contributed by atoms with E-state index in [4.69, 9.17) is 9.97 Å². The van der Waals surface area contributed by atoms with Crippen LogP contribution < -0.4 is 5.32 Å². The Morgan fingerprint density at radius 1 is 0.710 bits per heavy atom. The number of hydrogen-bond acceptors (Lipinski definition) is 3. The molecule has 31 heavy (non-hydrogen) atoms. The Bertz CT molecular complexity index is 1370. The Kier molecular flexibility index (Phi) is 4.59. The average molecular weight is 408 g/mol. The van der Waals surface area contributed by atoms with Gasteiger partial charge in [0, 0.05) is 29.2 Å². The molecular formula is C26H25N5. The lowest BCUT2D eigenvalue weighted by molar-refractivity contribution is 0.928. The molecule has 5 heteroatoms. The average Bonchev–Trinajstić information content (AvgIpc) is 3.27. The van der Waals surface area contributed by atoms with Crippen molar-refractivity contribution in [3.05, 3.63) is 95.6 Å². The maximum absolute atomic E-state index is 4.97. The first-order valence-electron chi connectivity index (χ1n) is 10.5. The number of rotatable bonds is 4. The summed E-state index contributed by atoms with van der Waals surface area (Å²) in [6.07, 6.45) is 0. The third kappa shape index (κ3) is 3.48. The number of aryl methyl sites for hydroxylation is 4. The molecule has 0 saturated heterocycles. The molecule has 1 N–H and O–H groups in total. The molecule has 0 bridgehead atoms. The van der Waals surface area contributed by atoms with Crippen molar-refractivity contribution in [1.82, 2.24) is 19.1 Å². The molecule has 5 nitrogen and oxygen atoms in total. The number of hydrogen-bond donors (Lipinski definition) is 1. The van der Waals surface area contributed by atoms with Crippen molar-refractivity contribution >= 4 is 22.5 Å². The zero-order valence-electron chi connectivity index (χ0n) is 18.2. The van der Waals surface area contributed by atoms with Gasteiger partial charge in [-0.3, -0.25) is 4.57 Å². The molecule has 0 atom stereocenters. The largest absolute Gasteiger partial charge is 0.340 e. The Morgan fingerprint density at radius 2 is 1.42 bits per heavy atom. The van der Waals surface area contributed by atoms with Crippen LogP contribution in [0.25, 0.3) is 22.5 Å². The Hall–Kier alpha value is -3.86. The lowest BCUT2D eigenvalue weighted by Gasteiger charge is -2.16. The van der Waals surface area contributed by atoms with Gasteiger partial charge in [-0.15, -0.1) is 0 Å². The quantitative estimate of drug-likeness (QED) is 0.386. The van der Waals surface area contributed by atoms with Crippen LogP contribution in [0.4, 0.5) is 11.5 Å². The van der Waals surface area contributed by atoms with Crippen LogP contribution in [0, 0.1) is 27.7 Å². The van der Waals surface area contributed by atoms with E-state index in [1.165, 1.54) is 17.0 Å². The van der Waals surface area contributed by atoms with Gasteiger partial charge in [0.05, 0.1) is 16.7 Å². The molecule has 0 amide bonds. The topological polar surface area (TPSA) is 47.7 Å². The van der Waals surface area contributed by atoms with E-state index in [0.717, 1.165) is 39.9 Å². The molecule has 3 heterocycles. The van der Waals surface area contributed by atoms with Crippen molar-refractivity contribution < 1.29 is 0 Å². The number of benzene rings is 2. The van der Waals surface area contributed by atoms with Gasteiger partial charge < -0.3 is 9.88 Å². The van der Waals surface area contributed by atoms with Gasteiger partial charge >= 0.3 is 0 Å². The van der Waals surface area contributed by atoms with Crippen LogP contribution in [0.3, 0.4) is 0 Å². The van der Waals surface area contributed by atoms with E-state index >= 15 is 0 Å². The molecule has 3 aromatic heterocycles. The smallest absolute Gasteiger partial charge is 0.143 e. The van der Waals surface area contributed by atoms with Gasteiger partial charge in [-0.05, 0) is 64.1 Å². The van der Waals surface area contributed by atoms with Crippen molar-refractivity contribution in [2.75, 3.05) is 5.32 Å². The number of imidazole rings is 1. The van der Waals surface area contributed by atoms with E-state index in [0.29, 0.717) is 0 Å². The van der Waals surface area contributed by atoms with Crippen LogP contribution in [-0.2, 0) is 0 Å². The summed E-state index contributed by atoms with van der Waals surface area (Å²) in [5.74, 6) is 2.54. The van der Waals surface area contributed by atoms with Crippen LogP contribution in [0.15, 0.2) is 72.8 Å². The highest BCUT2D eigenvalue weighted by Crippen LogP contribution is 2.27. The normalized spacial score (nSPS) is 11.2. The minimum atomic E-state index is 0.793. The maximum Gasteiger partial charge on any atom is 0.143 e. The number of anilines is 2. The van der Waals surface area contributed by atoms with Crippen molar-refractivity contribution in [2.45, 2.75) is 27.7 Å². The highest BCUT2D eigenvalue weighted by Gasteiger charge is 2.14. The summed E-state index contributed by atoms with van der Waals surface area (Å²) < 4.78 is 4.37. The predicted octanol–water partition coefficient (Wildman–Crippen LogP) is 6.19. The van der Waals surface area contributed by atoms with Gasteiger partial charge in [0.25, 0.3) is 0 Å². The maximum atomic E-state index is 4.97. The van der Waals surface area contributed by atoms with Crippen LogP contribution >= 0.6 is 0 Å². The summed E-state index contributed by atoms with van der Waals surface area (Å²) in [5, 5.41) is 3.48. The summed E-state index contributed by atoms with van der Waals surface area (Å²) in [5.41, 5.74) is 7.69. The molecule has 0 unspecified atom stereocenters. The van der Waals surface area contributed by atoms with E-state index in [2.05, 4.69) is 89.8 Å². The van der Waals surface area contributed by atoms with Gasteiger partial charge in [0.15, 0.2) is 0 Å². The minimum absolute atomic E-state index is 0.793. The van der Waals surface area contributed by atoms with Crippen LogP contribution in [0.1, 0.15) is 22.8 Å². The van der Waals surface area contributed by atoms with E-state index in [1.807, 2.05) is 25.1 Å². The van der Waals surface area contributed by atoms with Gasteiger partial charge in [0.1, 0.15) is 17.5 Å². The fourth-order valence-corrected chi connectivity index (χ4v) is 4.11. The predicted molar refractivity (Wildman–Crippen MR) is 127 cm³/mol. The number of para-hydroxylation sites is 2. The highest BCUT2D eigenvalue weighted by atomic mass is 15.2. The standard InChI is InChI=1S/C26H25N5/c1-17-9-13-21(14-10-17)28-25-15-22(30-18(2)11-12-19(30)3)16-26(29-25)31-20(4)27-23-7-5-6-8-24(23)31/h5-16H,1-4H3,(H,28,29). The Labute approximate surface area is 182 Å². The van der Waals surface area contributed by atoms with Gasteiger partial charge in [-0.1, -0.05) is 29.8 Å². The monoisotopic (exact) mass is 407 g/mol. The second kappa shape index (κ2) is 7.43. The summed E-state index contributed by atoms with van der Waals surface area (Å²) in [6.45, 7) is 8.36. The number of aromatic nitrogens is 4. The fourth-order valence-electron chi connectivity index (χ4n) is 4.11. The van der Waals surface area contributed by atoms with Gasteiger partial charge in [0.2, 0.25) is 0 Å². The van der Waals surface area contributed by atoms with Crippen LogP contribution in [0.2, 0.25) is 0 Å². The number of pyridine rings is 1. The van der Waals surface area contributed by atoms with Gasteiger partial charge in [-0.2, -0.15) is 0 Å². The minimum Gasteiger partial charge on any atom is -0.340 e. The highest BCUT2D eigenvalue weighted by molar-refractivity contribution is 5.78. The molecule has 0 saturated carbocycles. The first-order valence-corrected chi connectivity index (χ1v) is 10.5. The summed E-state index contributed by atoms with van der Waals surface area (Å²) >= 11 is 0. The van der Waals surface area contributed by atoms with E-state index in [-0.39, 0.29) is 0 Å². The lowest BCUT2D eigenvalue weighted by atomic mass is 10.2. The molecule has 0 fully saturated rings. The molecule has 0 spiro atoms. The zero-order valence-corrected chi connectivity index (χ0v) is 18.2. The van der Waals surface area contributed by atoms with E-state index < -0.39 is 0 Å². The lowest BCUT2D eigenvalue weighted by Crippen LogP contribution is -2.07. The molecule has 5 aromatic rings. The van der Waals surface area contributed by atoms with Crippen molar-refractivity contribution in [3.63, 3.8) is 0 Å². The molecular weight excluding hydrogens is 382 g/mol. The SMILES string of the molecule is Cc1ccc(Nc2cc(-n3c(C)ccc3C)cc(-n3c(C)nc4ccccc43)n2)cc1. The molecule has 0 aliphatic carbocycles. The molecule has 0 radical (unpaired) electrons. The molecule has 5 rings (SSSR count). The van der Waals surface area contributed by atoms with Crippen LogP contribution in [0.5, 0.6) is 0 Å². The second-order valence-corrected chi connectivity index (χ2v) is 7.99. The van der Waals surface area contributed by atoms with Crippen LogP contribution in [-0.4, -0.2) is 19.1 Å². The summed E-state index contributed by atoms with van der Waals surface area (Å²) in [4.78, 5) is 9.71. The van der Waals surface area contributed by atoms with Crippen molar-refractivity contribution in [2.24, 2.45) is 0 Å². The number of nitrogens with one attached hydrogen (secondary N) is 1. The third-order valence-electron chi connectivity index (χ3n) is 5.61. The number of nitrogens with zero attached hydrogens (tertiary/aromatic N) is 4. The molecule has 0 aliphatic rings. The Morgan fingerprint density at radius 3 is 2.16 bits per heavy atom. The van der Waals surface area contributed by atoms with E-state index in [9.17, 15) is 0 Å². The first kappa shape index (κ1) is 19.1. The van der Waals surface area contributed by atoms with E-state index in [1.54, 1.807) is 0 Å². The first-order chi connectivity index (χ1) is 15.0. The fraction of sp³-hybridized carbons (Fsp3) is 0.154. The van der Waals surface area contributed by atoms with Gasteiger partial charge in [-0.25, -0.2) is 9.97 Å². The molecule has 2 aromatic carbocycles. The second-order valence-electron chi connectivity index (χ2n) is 7.99. The summed E-state index contributed by atoms with van der Waals surface area (Å²) in [7, 11) is 0. The zero-order chi connectivity index (χ0) is 21.5. The third-order valence-corrected chi connectivity index (χ3v) is 5.61. The Balaban J connectivity index is 1.71. The van der Waals surface area contributed by atoms with Crippen molar-refractivity contribution in [3.8, 4) is 11.5 Å². The molecule has 154 valence electrons.